The highest BCUT2D eigenvalue weighted by Gasteiger charge is 2.39. The average Bonchev–Trinajstić information content (AvgIpc) is 3.15. The Kier molecular flexibility index (Phi) is 16.2. The van der Waals surface area contributed by atoms with Gasteiger partial charge in [0.1, 0.15) is 0 Å². The summed E-state index contributed by atoms with van der Waals surface area (Å²) in [6.45, 7) is 20.8. The van der Waals surface area contributed by atoms with Crippen molar-refractivity contribution >= 4 is 46.1 Å². The molecule has 4 rings (SSSR count). The van der Waals surface area contributed by atoms with Gasteiger partial charge in [0.25, 0.3) is 0 Å². The average molecular weight is 818 g/mol. The van der Waals surface area contributed by atoms with E-state index in [4.69, 9.17) is 23.2 Å². The van der Waals surface area contributed by atoms with Gasteiger partial charge in [0.05, 0.1) is 45.9 Å². The van der Waals surface area contributed by atoms with Crippen LogP contribution in [-0.2, 0) is 9.59 Å². The summed E-state index contributed by atoms with van der Waals surface area (Å²) in [7, 11) is 0. The zero-order chi connectivity index (χ0) is 42.6. The van der Waals surface area contributed by atoms with Gasteiger partial charge in [-0.25, -0.2) is 0 Å². The molecule has 0 saturated heterocycles. The molecule has 8 heteroatoms. The van der Waals surface area contributed by atoms with Crippen LogP contribution in [0.3, 0.4) is 0 Å². The Labute approximate surface area is 356 Å². The van der Waals surface area contributed by atoms with Gasteiger partial charge in [-0.2, -0.15) is 0 Å². The number of rotatable bonds is 14. The van der Waals surface area contributed by atoms with Gasteiger partial charge >= 0.3 is 0 Å². The van der Waals surface area contributed by atoms with Crippen LogP contribution < -0.4 is 10.6 Å². The summed E-state index contributed by atoms with van der Waals surface area (Å²) in [6.07, 6.45) is 36.8. The fourth-order valence-corrected chi connectivity index (χ4v) is 7.60. The molecule has 2 aliphatic carbocycles. The summed E-state index contributed by atoms with van der Waals surface area (Å²) in [5.74, 6) is 0.158. The first kappa shape index (κ1) is 45.7. The van der Waals surface area contributed by atoms with Crippen molar-refractivity contribution in [3.05, 3.63) is 177 Å². The van der Waals surface area contributed by atoms with Crippen LogP contribution in [0.5, 0.6) is 0 Å². The number of Topliss-reactive ketones (excluding diaryl/α,β-unsaturated/α-hetero) is 2. The number of carbonyl (C=O) groups is 2. The molecule has 0 fully saturated rings. The van der Waals surface area contributed by atoms with E-state index in [-0.39, 0.29) is 34.5 Å². The van der Waals surface area contributed by atoms with Gasteiger partial charge in [-0.05, 0) is 99.6 Å². The van der Waals surface area contributed by atoms with Crippen molar-refractivity contribution in [2.75, 3.05) is 10.6 Å². The molecule has 0 radical (unpaired) electrons. The number of allylic oxidation sites excluding steroid dienone is 20. The standard InChI is InChI=1S/C50H58Cl2N4O2/c1-33(17-13-19-35(3)21-23-39-37(5)47(57)43(29-49(39,7)8)55-45-31-53-27-25-41(45)51)15-11-12-16-34(2)18-14-20-36(4)22-24-40-38(6)48(58)44(30-50(40,9)10)56-46-32-54-28-26-42(46)52/h11-28,31-32,43-44,55-56H,29-30H2,1-10H3. The monoisotopic (exact) mass is 816 g/mol. The summed E-state index contributed by atoms with van der Waals surface area (Å²) in [5, 5.41) is 7.72. The number of halogens is 2. The lowest BCUT2D eigenvalue weighted by Gasteiger charge is -2.37. The maximum absolute atomic E-state index is 13.3. The normalized spacial score (nSPS) is 21.2. The molecule has 2 aromatic rings. The van der Waals surface area contributed by atoms with Crippen molar-refractivity contribution in [1.29, 1.82) is 0 Å². The molecule has 304 valence electrons. The second-order valence-corrected chi connectivity index (χ2v) is 17.3. The number of nitrogens with one attached hydrogen (secondary N) is 2. The van der Waals surface area contributed by atoms with Gasteiger partial charge in [0, 0.05) is 12.4 Å². The smallest absolute Gasteiger partial charge is 0.181 e. The third kappa shape index (κ3) is 12.7. The molecular formula is C50H58Cl2N4O2. The fraction of sp³-hybridized carbons (Fsp3) is 0.320. The molecule has 0 aliphatic heterocycles. The highest BCUT2D eigenvalue weighted by Crippen LogP contribution is 2.42. The number of aromatic nitrogens is 2. The van der Waals surface area contributed by atoms with Crippen molar-refractivity contribution in [3.8, 4) is 0 Å². The Morgan fingerprint density at radius 1 is 0.603 bits per heavy atom. The summed E-state index contributed by atoms with van der Waals surface area (Å²) in [6, 6.07) is 2.72. The van der Waals surface area contributed by atoms with Crippen LogP contribution in [0.25, 0.3) is 0 Å². The van der Waals surface area contributed by atoms with Crippen LogP contribution >= 0.6 is 23.2 Å². The number of ketones is 2. The Morgan fingerprint density at radius 2 is 0.948 bits per heavy atom. The molecule has 6 nitrogen and oxygen atoms in total. The molecule has 2 aliphatic rings. The third-order valence-corrected chi connectivity index (χ3v) is 11.2. The molecule has 2 unspecified atom stereocenters. The molecule has 2 heterocycles. The van der Waals surface area contributed by atoms with Crippen LogP contribution in [-0.4, -0.2) is 33.6 Å². The van der Waals surface area contributed by atoms with Gasteiger partial charge in [-0.1, -0.05) is 158 Å². The van der Waals surface area contributed by atoms with Crippen molar-refractivity contribution in [2.24, 2.45) is 10.8 Å². The number of nitrogens with zero attached hydrogens (tertiary/aromatic N) is 2. The Morgan fingerprint density at radius 3 is 1.31 bits per heavy atom. The van der Waals surface area contributed by atoms with Crippen LogP contribution in [0.2, 0.25) is 10.0 Å². The zero-order valence-corrected chi connectivity index (χ0v) is 37.1. The maximum Gasteiger partial charge on any atom is 0.181 e. The van der Waals surface area contributed by atoms with Crippen LogP contribution in [0.15, 0.2) is 167 Å². The van der Waals surface area contributed by atoms with Crippen molar-refractivity contribution < 1.29 is 9.59 Å². The van der Waals surface area contributed by atoms with Crippen molar-refractivity contribution in [1.82, 2.24) is 9.97 Å². The molecule has 0 spiro atoms. The predicted octanol–water partition coefficient (Wildman–Crippen LogP) is 13.2. The molecule has 2 aromatic heterocycles. The maximum atomic E-state index is 13.3. The van der Waals surface area contributed by atoms with E-state index in [0.717, 1.165) is 44.6 Å². The van der Waals surface area contributed by atoms with Crippen LogP contribution in [0, 0.1) is 10.8 Å². The summed E-state index contributed by atoms with van der Waals surface area (Å²) in [5.41, 5.74) is 9.00. The quantitative estimate of drug-likeness (QED) is 0.185. The van der Waals surface area contributed by atoms with E-state index in [1.54, 1.807) is 36.9 Å². The van der Waals surface area contributed by atoms with E-state index in [0.29, 0.717) is 34.3 Å². The Balaban J connectivity index is 1.29. The first-order valence-corrected chi connectivity index (χ1v) is 20.5. The Hall–Kier alpha value is -5.04. The van der Waals surface area contributed by atoms with E-state index < -0.39 is 0 Å². The molecule has 2 N–H and O–H groups in total. The minimum Gasteiger partial charge on any atom is -0.372 e. The SMILES string of the molecule is CC(C=CC=C(C)C=CC1=C(C)C(=O)C(Nc2cnccc2Cl)CC1(C)C)=CC=CC=C(C)C=CC=C(C)C=CC1=C(C)C(=O)C(Nc2cnccc2Cl)CC1(C)C. The van der Waals surface area contributed by atoms with E-state index in [1.807, 2.05) is 38.2 Å². The number of pyridine rings is 2. The number of hydrogen-bond acceptors (Lipinski definition) is 6. The largest absolute Gasteiger partial charge is 0.372 e. The first-order valence-electron chi connectivity index (χ1n) is 19.7. The van der Waals surface area contributed by atoms with E-state index in [1.165, 1.54) is 0 Å². The lowest BCUT2D eigenvalue weighted by Crippen LogP contribution is -2.40. The van der Waals surface area contributed by atoms with E-state index >= 15 is 0 Å². The Bertz CT molecular complexity index is 2060. The molecule has 58 heavy (non-hydrogen) atoms. The summed E-state index contributed by atoms with van der Waals surface area (Å²) >= 11 is 12.6. The molecule has 2 atom stereocenters. The third-order valence-electron chi connectivity index (χ3n) is 10.6. The topological polar surface area (TPSA) is 84.0 Å². The summed E-state index contributed by atoms with van der Waals surface area (Å²) in [4.78, 5) is 34.9. The number of anilines is 2. The van der Waals surface area contributed by atoms with Crippen molar-refractivity contribution in [3.63, 3.8) is 0 Å². The van der Waals surface area contributed by atoms with Gasteiger partial charge in [0.15, 0.2) is 11.6 Å². The molecule has 0 amide bonds. The number of hydrogen-bond donors (Lipinski definition) is 2. The highest BCUT2D eigenvalue weighted by atomic mass is 35.5. The molecule has 0 saturated carbocycles. The molecule has 0 bridgehead atoms. The molecule has 0 aromatic carbocycles. The molecular weight excluding hydrogens is 759 g/mol. The highest BCUT2D eigenvalue weighted by molar-refractivity contribution is 6.33. The number of carbonyl (C=O) groups excluding carboxylic acids is 2. The van der Waals surface area contributed by atoms with Gasteiger partial charge in [0.2, 0.25) is 0 Å². The fourth-order valence-electron chi connectivity index (χ4n) is 7.28. The predicted molar refractivity (Wildman–Crippen MR) is 246 cm³/mol. The second-order valence-electron chi connectivity index (χ2n) is 16.5. The second kappa shape index (κ2) is 20.6. The minimum atomic E-state index is -0.357. The van der Waals surface area contributed by atoms with Gasteiger partial charge in [-0.15, -0.1) is 0 Å². The van der Waals surface area contributed by atoms with Crippen LogP contribution in [0.4, 0.5) is 11.4 Å². The lowest BCUT2D eigenvalue weighted by atomic mass is 9.70. The van der Waals surface area contributed by atoms with Crippen molar-refractivity contribution in [2.45, 2.75) is 94.2 Å². The lowest BCUT2D eigenvalue weighted by molar-refractivity contribution is -0.118. The van der Waals surface area contributed by atoms with Crippen LogP contribution in [0.1, 0.15) is 82.1 Å². The van der Waals surface area contributed by atoms with E-state index in [9.17, 15) is 9.59 Å². The van der Waals surface area contributed by atoms with E-state index in [2.05, 4.69) is 137 Å². The minimum absolute atomic E-state index is 0.0792. The first-order chi connectivity index (χ1) is 27.4. The summed E-state index contributed by atoms with van der Waals surface area (Å²) < 4.78 is 0. The zero-order valence-electron chi connectivity index (χ0n) is 35.6. The van der Waals surface area contributed by atoms with Gasteiger partial charge in [-0.3, -0.25) is 19.6 Å². The van der Waals surface area contributed by atoms with Gasteiger partial charge < -0.3 is 10.6 Å².